The Morgan fingerprint density at radius 3 is 2.22 bits per heavy atom. The molecule has 6 nitrogen and oxygen atoms in total. The van der Waals surface area contributed by atoms with Crippen molar-refractivity contribution < 1.29 is 0 Å². The third-order valence-corrected chi connectivity index (χ3v) is 5.39. The number of aromatic nitrogens is 2. The van der Waals surface area contributed by atoms with Gasteiger partial charge in [-0.05, 0) is 59.0 Å². The van der Waals surface area contributed by atoms with Gasteiger partial charge in [0.15, 0.2) is 11.6 Å². The summed E-state index contributed by atoms with van der Waals surface area (Å²) in [6.07, 6.45) is 1.57. The minimum atomic E-state index is 0.587. The largest absolute Gasteiger partial charge is 0.393 e. The molecular formula is C20H21IN6. The summed E-state index contributed by atoms with van der Waals surface area (Å²) in [4.78, 5) is 13.4. The van der Waals surface area contributed by atoms with Gasteiger partial charge in [0.05, 0.1) is 0 Å². The van der Waals surface area contributed by atoms with Crippen molar-refractivity contribution in [2.45, 2.75) is 0 Å². The number of rotatable bonds is 4. The Balaban J connectivity index is 1.47. The predicted octanol–water partition coefficient (Wildman–Crippen LogP) is 3.73. The standard InChI is InChI=1S/C20H21IN6/c21-15-6-8-16(9-7-15)25-19-18(22)20(24-14-23-19)27-12-10-26(11-13-27)17-4-2-1-3-5-17/h1-9,14H,10-13,22H2,(H,23,24,25). The molecule has 1 aromatic heterocycles. The molecule has 7 heteroatoms. The minimum Gasteiger partial charge on any atom is -0.393 e. The first-order valence-corrected chi connectivity index (χ1v) is 9.96. The van der Waals surface area contributed by atoms with Crippen LogP contribution < -0.4 is 20.9 Å². The number of halogens is 1. The van der Waals surface area contributed by atoms with Gasteiger partial charge in [-0.3, -0.25) is 0 Å². The summed E-state index contributed by atoms with van der Waals surface area (Å²) in [5.74, 6) is 1.44. The van der Waals surface area contributed by atoms with Crippen molar-refractivity contribution >= 4 is 51.3 Å². The van der Waals surface area contributed by atoms with Crippen LogP contribution in [0.1, 0.15) is 0 Å². The molecule has 1 saturated heterocycles. The van der Waals surface area contributed by atoms with E-state index in [0.29, 0.717) is 11.5 Å². The summed E-state index contributed by atoms with van der Waals surface area (Å²) in [6.45, 7) is 3.62. The van der Waals surface area contributed by atoms with Crippen molar-refractivity contribution in [1.82, 2.24) is 9.97 Å². The van der Waals surface area contributed by atoms with E-state index in [-0.39, 0.29) is 0 Å². The molecule has 0 unspecified atom stereocenters. The Labute approximate surface area is 172 Å². The first-order valence-electron chi connectivity index (χ1n) is 8.89. The Hall–Kier alpha value is -2.55. The molecular weight excluding hydrogens is 451 g/mol. The van der Waals surface area contributed by atoms with E-state index in [0.717, 1.165) is 37.7 Å². The van der Waals surface area contributed by atoms with Crippen LogP contribution in [-0.4, -0.2) is 36.1 Å². The molecule has 1 aliphatic heterocycles. The Morgan fingerprint density at radius 1 is 0.852 bits per heavy atom. The van der Waals surface area contributed by atoms with Crippen molar-refractivity contribution in [2.24, 2.45) is 0 Å². The lowest BCUT2D eigenvalue weighted by atomic mass is 10.2. The summed E-state index contributed by atoms with van der Waals surface area (Å²) in [5.41, 5.74) is 9.20. The molecule has 2 heterocycles. The van der Waals surface area contributed by atoms with Crippen molar-refractivity contribution in [2.75, 3.05) is 47.0 Å². The molecule has 27 heavy (non-hydrogen) atoms. The Morgan fingerprint density at radius 2 is 1.52 bits per heavy atom. The molecule has 0 aliphatic carbocycles. The summed E-state index contributed by atoms with van der Waals surface area (Å²) in [6, 6.07) is 18.6. The fourth-order valence-corrected chi connectivity index (χ4v) is 3.58. The number of nitrogens with zero attached hydrogens (tertiary/aromatic N) is 4. The van der Waals surface area contributed by atoms with Crippen LogP contribution in [0.4, 0.5) is 28.7 Å². The van der Waals surface area contributed by atoms with Crippen molar-refractivity contribution in [3.05, 3.63) is 64.5 Å². The minimum absolute atomic E-state index is 0.587. The fourth-order valence-electron chi connectivity index (χ4n) is 3.22. The number of anilines is 5. The SMILES string of the molecule is Nc1c(Nc2ccc(I)cc2)ncnc1N1CCN(c2ccccc2)CC1. The summed E-state index contributed by atoms with van der Waals surface area (Å²) in [5, 5.41) is 3.30. The second-order valence-corrected chi connectivity index (χ2v) is 7.65. The number of hydrogen-bond donors (Lipinski definition) is 2. The van der Waals surface area contributed by atoms with Crippen molar-refractivity contribution in [3.8, 4) is 0 Å². The van der Waals surface area contributed by atoms with Gasteiger partial charge in [0.25, 0.3) is 0 Å². The van der Waals surface area contributed by atoms with E-state index < -0.39 is 0 Å². The summed E-state index contributed by atoms with van der Waals surface area (Å²) >= 11 is 2.29. The lowest BCUT2D eigenvalue weighted by molar-refractivity contribution is 0.647. The number of nitrogens with one attached hydrogen (secondary N) is 1. The molecule has 138 valence electrons. The van der Waals surface area contributed by atoms with E-state index in [4.69, 9.17) is 5.73 Å². The number of hydrogen-bond acceptors (Lipinski definition) is 6. The zero-order valence-corrected chi connectivity index (χ0v) is 17.0. The molecule has 0 saturated carbocycles. The van der Waals surface area contributed by atoms with E-state index in [1.165, 1.54) is 9.26 Å². The van der Waals surface area contributed by atoms with Crippen LogP contribution >= 0.6 is 22.6 Å². The first-order chi connectivity index (χ1) is 13.2. The van der Waals surface area contributed by atoms with Gasteiger partial charge in [-0.25, -0.2) is 9.97 Å². The van der Waals surface area contributed by atoms with Gasteiger partial charge in [-0.1, -0.05) is 18.2 Å². The maximum atomic E-state index is 6.39. The van der Waals surface area contributed by atoms with Gasteiger partial charge >= 0.3 is 0 Å². The Kier molecular flexibility index (Phi) is 5.28. The van der Waals surface area contributed by atoms with Gasteiger partial charge in [0.2, 0.25) is 0 Å². The molecule has 1 fully saturated rings. The van der Waals surface area contributed by atoms with Crippen LogP contribution in [0, 0.1) is 3.57 Å². The van der Waals surface area contributed by atoms with Crippen LogP contribution in [0.15, 0.2) is 60.9 Å². The number of nitrogens with two attached hydrogens (primary N) is 1. The van der Waals surface area contributed by atoms with Crippen LogP contribution in [0.3, 0.4) is 0 Å². The Bertz CT molecular complexity index is 892. The molecule has 2 aromatic carbocycles. The zero-order chi connectivity index (χ0) is 18.6. The molecule has 0 spiro atoms. The maximum absolute atomic E-state index is 6.39. The zero-order valence-electron chi connectivity index (χ0n) is 14.8. The van der Waals surface area contributed by atoms with Gasteiger partial charge in [-0.15, -0.1) is 0 Å². The van der Waals surface area contributed by atoms with Crippen LogP contribution in [-0.2, 0) is 0 Å². The van der Waals surface area contributed by atoms with Crippen LogP contribution in [0.2, 0.25) is 0 Å². The normalized spacial score (nSPS) is 14.3. The van der Waals surface area contributed by atoms with Crippen molar-refractivity contribution in [3.63, 3.8) is 0 Å². The van der Waals surface area contributed by atoms with E-state index in [1.807, 2.05) is 30.3 Å². The average molecular weight is 472 g/mol. The molecule has 3 N–H and O–H groups in total. The van der Waals surface area contributed by atoms with E-state index >= 15 is 0 Å². The van der Waals surface area contributed by atoms with Crippen LogP contribution in [0.25, 0.3) is 0 Å². The van der Waals surface area contributed by atoms with Gasteiger partial charge < -0.3 is 20.9 Å². The molecule has 0 radical (unpaired) electrons. The van der Waals surface area contributed by atoms with Gasteiger partial charge in [-0.2, -0.15) is 0 Å². The maximum Gasteiger partial charge on any atom is 0.159 e. The van der Waals surface area contributed by atoms with Crippen molar-refractivity contribution in [1.29, 1.82) is 0 Å². The first kappa shape index (κ1) is 17.8. The number of benzene rings is 2. The highest BCUT2D eigenvalue weighted by molar-refractivity contribution is 14.1. The third-order valence-electron chi connectivity index (χ3n) is 4.67. The molecule has 1 aliphatic rings. The second kappa shape index (κ2) is 7.99. The molecule has 0 amide bonds. The second-order valence-electron chi connectivity index (χ2n) is 6.40. The van der Waals surface area contributed by atoms with E-state index in [2.05, 4.69) is 71.9 Å². The monoisotopic (exact) mass is 472 g/mol. The molecule has 0 bridgehead atoms. The smallest absolute Gasteiger partial charge is 0.159 e. The highest BCUT2D eigenvalue weighted by Gasteiger charge is 2.21. The average Bonchev–Trinajstić information content (AvgIpc) is 2.72. The van der Waals surface area contributed by atoms with Crippen LogP contribution in [0.5, 0.6) is 0 Å². The topological polar surface area (TPSA) is 70.3 Å². The number of piperazine rings is 1. The highest BCUT2D eigenvalue weighted by atomic mass is 127. The van der Waals surface area contributed by atoms with E-state index in [1.54, 1.807) is 6.33 Å². The number of para-hydroxylation sites is 1. The van der Waals surface area contributed by atoms with E-state index in [9.17, 15) is 0 Å². The molecule has 0 atom stereocenters. The fraction of sp³-hybridized carbons (Fsp3) is 0.200. The quantitative estimate of drug-likeness (QED) is 0.564. The predicted molar refractivity (Wildman–Crippen MR) is 120 cm³/mol. The lowest BCUT2D eigenvalue weighted by Gasteiger charge is -2.37. The highest BCUT2D eigenvalue weighted by Crippen LogP contribution is 2.29. The third kappa shape index (κ3) is 4.08. The lowest BCUT2D eigenvalue weighted by Crippen LogP contribution is -2.47. The van der Waals surface area contributed by atoms with Gasteiger partial charge in [0.1, 0.15) is 12.0 Å². The van der Waals surface area contributed by atoms with Gasteiger partial charge in [0, 0.05) is 41.1 Å². The molecule has 4 rings (SSSR count). The number of nitrogen functional groups attached to an aromatic ring is 1. The molecule has 3 aromatic rings. The summed E-state index contributed by atoms with van der Waals surface area (Å²) < 4.78 is 1.19. The summed E-state index contributed by atoms with van der Waals surface area (Å²) in [7, 11) is 0.